The van der Waals surface area contributed by atoms with Crippen molar-refractivity contribution in [1.29, 1.82) is 0 Å². The zero-order valence-corrected chi connectivity index (χ0v) is 17.0. The first-order valence-electron chi connectivity index (χ1n) is 9.16. The SMILES string of the molecule is CC(C)S(=O)(=O)NC1CCN(C(=O)Nc2ccc(-c3nnnn3C)cc2)CC1. The number of piperidine rings is 1. The molecule has 0 unspecified atom stereocenters. The van der Waals surface area contributed by atoms with Crippen LogP contribution in [0.5, 0.6) is 0 Å². The maximum absolute atomic E-state index is 12.5. The van der Waals surface area contributed by atoms with Crippen LogP contribution < -0.4 is 10.0 Å². The summed E-state index contributed by atoms with van der Waals surface area (Å²) >= 11 is 0. The van der Waals surface area contributed by atoms with Crippen LogP contribution in [0, 0.1) is 0 Å². The molecule has 1 saturated heterocycles. The third kappa shape index (κ3) is 4.65. The zero-order chi connectivity index (χ0) is 20.3. The number of amides is 2. The van der Waals surface area contributed by atoms with E-state index >= 15 is 0 Å². The molecular formula is C17H25N7O3S. The van der Waals surface area contributed by atoms with Crippen LogP contribution in [0.4, 0.5) is 10.5 Å². The molecule has 152 valence electrons. The summed E-state index contributed by atoms with van der Waals surface area (Å²) in [6.45, 7) is 4.30. The Balaban J connectivity index is 1.53. The largest absolute Gasteiger partial charge is 0.324 e. The monoisotopic (exact) mass is 407 g/mol. The number of likely N-dealkylation sites (tertiary alicyclic amines) is 1. The highest BCUT2D eigenvalue weighted by Crippen LogP contribution is 2.19. The zero-order valence-electron chi connectivity index (χ0n) is 16.2. The summed E-state index contributed by atoms with van der Waals surface area (Å²) < 4.78 is 28.2. The van der Waals surface area contributed by atoms with Gasteiger partial charge in [0.25, 0.3) is 0 Å². The molecule has 0 saturated carbocycles. The molecular weight excluding hydrogens is 382 g/mol. The first-order valence-corrected chi connectivity index (χ1v) is 10.7. The Morgan fingerprint density at radius 3 is 2.36 bits per heavy atom. The van der Waals surface area contributed by atoms with Gasteiger partial charge in [0, 0.05) is 37.4 Å². The first kappa shape index (κ1) is 20.2. The molecule has 0 radical (unpaired) electrons. The molecule has 1 aliphatic rings. The molecule has 10 nitrogen and oxygen atoms in total. The van der Waals surface area contributed by atoms with Crippen LogP contribution in [0.15, 0.2) is 24.3 Å². The molecule has 0 aliphatic carbocycles. The second-order valence-electron chi connectivity index (χ2n) is 7.11. The summed E-state index contributed by atoms with van der Waals surface area (Å²) in [4.78, 5) is 14.2. The number of nitrogens with one attached hydrogen (secondary N) is 2. The van der Waals surface area contributed by atoms with E-state index in [1.54, 1.807) is 42.6 Å². The highest BCUT2D eigenvalue weighted by atomic mass is 32.2. The number of rotatable bonds is 5. The van der Waals surface area contributed by atoms with Crippen molar-refractivity contribution in [1.82, 2.24) is 29.8 Å². The summed E-state index contributed by atoms with van der Waals surface area (Å²) in [6, 6.07) is 6.95. The molecule has 11 heteroatoms. The smallest absolute Gasteiger partial charge is 0.321 e. The number of sulfonamides is 1. The highest BCUT2D eigenvalue weighted by molar-refractivity contribution is 7.90. The summed E-state index contributed by atoms with van der Waals surface area (Å²) in [6.07, 6.45) is 1.19. The summed E-state index contributed by atoms with van der Waals surface area (Å²) in [5.74, 6) is 0.642. The van der Waals surface area contributed by atoms with Crippen molar-refractivity contribution in [2.75, 3.05) is 18.4 Å². The van der Waals surface area contributed by atoms with Gasteiger partial charge in [-0.25, -0.2) is 22.6 Å². The summed E-state index contributed by atoms with van der Waals surface area (Å²) in [5.41, 5.74) is 1.52. The van der Waals surface area contributed by atoms with Crippen molar-refractivity contribution in [3.05, 3.63) is 24.3 Å². The lowest BCUT2D eigenvalue weighted by molar-refractivity contribution is 0.193. The molecule has 1 aromatic carbocycles. The molecule has 2 heterocycles. The number of aryl methyl sites for hydroxylation is 1. The minimum atomic E-state index is -3.29. The Kier molecular flexibility index (Phi) is 5.94. The number of benzene rings is 1. The van der Waals surface area contributed by atoms with E-state index < -0.39 is 15.3 Å². The van der Waals surface area contributed by atoms with E-state index in [-0.39, 0.29) is 12.1 Å². The quantitative estimate of drug-likeness (QED) is 0.768. The van der Waals surface area contributed by atoms with Crippen molar-refractivity contribution < 1.29 is 13.2 Å². The van der Waals surface area contributed by atoms with E-state index in [1.165, 1.54) is 0 Å². The third-order valence-corrected chi connectivity index (χ3v) is 6.65. The molecule has 1 aromatic heterocycles. The first-order chi connectivity index (χ1) is 13.3. The van der Waals surface area contributed by atoms with Crippen LogP contribution in [-0.2, 0) is 17.1 Å². The molecule has 0 bridgehead atoms. The minimum Gasteiger partial charge on any atom is -0.324 e. The second kappa shape index (κ2) is 8.23. The van der Waals surface area contributed by atoms with Crippen molar-refractivity contribution in [2.45, 2.75) is 38.0 Å². The van der Waals surface area contributed by atoms with Crippen LogP contribution in [-0.4, -0.2) is 63.9 Å². The third-order valence-electron chi connectivity index (χ3n) is 4.75. The van der Waals surface area contributed by atoms with E-state index in [2.05, 4.69) is 25.6 Å². The number of hydrogen-bond donors (Lipinski definition) is 2. The van der Waals surface area contributed by atoms with Crippen molar-refractivity contribution in [3.8, 4) is 11.4 Å². The van der Waals surface area contributed by atoms with Gasteiger partial charge in [0.05, 0.1) is 5.25 Å². The van der Waals surface area contributed by atoms with E-state index in [9.17, 15) is 13.2 Å². The number of urea groups is 1. The van der Waals surface area contributed by atoms with Crippen LogP contribution >= 0.6 is 0 Å². The number of nitrogens with zero attached hydrogens (tertiary/aromatic N) is 5. The van der Waals surface area contributed by atoms with E-state index in [0.29, 0.717) is 37.4 Å². The Morgan fingerprint density at radius 1 is 1.18 bits per heavy atom. The number of tetrazole rings is 1. The van der Waals surface area contributed by atoms with Gasteiger partial charge >= 0.3 is 6.03 Å². The van der Waals surface area contributed by atoms with Crippen LogP contribution in [0.3, 0.4) is 0 Å². The molecule has 1 fully saturated rings. The fourth-order valence-electron chi connectivity index (χ4n) is 2.95. The topological polar surface area (TPSA) is 122 Å². The fourth-order valence-corrected chi connectivity index (χ4v) is 3.92. The number of carbonyl (C=O) groups is 1. The van der Waals surface area contributed by atoms with E-state index in [1.807, 2.05) is 12.1 Å². The molecule has 0 spiro atoms. The van der Waals surface area contributed by atoms with Gasteiger partial charge in [-0.2, -0.15) is 0 Å². The van der Waals surface area contributed by atoms with Crippen LogP contribution in [0.2, 0.25) is 0 Å². The lowest BCUT2D eigenvalue weighted by atomic mass is 10.1. The van der Waals surface area contributed by atoms with Gasteiger partial charge in [-0.3, -0.25) is 0 Å². The average molecular weight is 408 g/mol. The Labute approximate surface area is 164 Å². The van der Waals surface area contributed by atoms with Gasteiger partial charge in [-0.1, -0.05) is 0 Å². The van der Waals surface area contributed by atoms with Gasteiger partial charge in [0.15, 0.2) is 5.82 Å². The van der Waals surface area contributed by atoms with Gasteiger partial charge in [0.1, 0.15) is 0 Å². The standard InChI is InChI=1S/C17H25N7O3S/c1-12(2)28(26,27)20-15-8-10-24(11-9-15)17(25)18-14-6-4-13(5-7-14)16-19-21-22-23(16)3/h4-7,12,15,20H,8-11H2,1-3H3,(H,18,25). The molecule has 28 heavy (non-hydrogen) atoms. The normalized spacial score (nSPS) is 15.8. The number of hydrogen-bond acceptors (Lipinski definition) is 6. The Hall–Kier alpha value is -2.53. The minimum absolute atomic E-state index is 0.129. The second-order valence-corrected chi connectivity index (χ2v) is 9.38. The van der Waals surface area contributed by atoms with Crippen molar-refractivity contribution in [3.63, 3.8) is 0 Å². The molecule has 2 aromatic rings. The lowest BCUT2D eigenvalue weighted by Gasteiger charge is -2.32. The van der Waals surface area contributed by atoms with Crippen LogP contribution in [0.25, 0.3) is 11.4 Å². The number of aromatic nitrogens is 4. The summed E-state index contributed by atoms with van der Waals surface area (Å²) in [7, 11) is -1.53. The van der Waals surface area contributed by atoms with Gasteiger partial charge < -0.3 is 10.2 Å². The van der Waals surface area contributed by atoms with E-state index in [4.69, 9.17) is 0 Å². The molecule has 2 amide bonds. The van der Waals surface area contributed by atoms with Crippen LogP contribution in [0.1, 0.15) is 26.7 Å². The molecule has 0 atom stereocenters. The number of carbonyl (C=O) groups excluding carboxylic acids is 1. The van der Waals surface area contributed by atoms with Crippen molar-refractivity contribution >= 4 is 21.7 Å². The predicted molar refractivity (Wildman–Crippen MR) is 105 cm³/mol. The van der Waals surface area contributed by atoms with Gasteiger partial charge in [0.2, 0.25) is 10.0 Å². The lowest BCUT2D eigenvalue weighted by Crippen LogP contribution is -2.48. The molecule has 2 N–H and O–H groups in total. The Morgan fingerprint density at radius 2 is 1.82 bits per heavy atom. The summed E-state index contributed by atoms with van der Waals surface area (Å²) in [5, 5.41) is 13.8. The van der Waals surface area contributed by atoms with Gasteiger partial charge in [-0.15, -0.1) is 5.10 Å². The highest BCUT2D eigenvalue weighted by Gasteiger charge is 2.27. The fraction of sp³-hybridized carbons (Fsp3) is 0.529. The Bertz CT molecular complexity index is 916. The maximum atomic E-state index is 12.5. The maximum Gasteiger partial charge on any atom is 0.321 e. The average Bonchev–Trinajstić information content (AvgIpc) is 3.08. The molecule has 3 rings (SSSR count). The van der Waals surface area contributed by atoms with Gasteiger partial charge in [-0.05, 0) is 61.4 Å². The molecule has 1 aliphatic heterocycles. The van der Waals surface area contributed by atoms with Crippen molar-refractivity contribution in [2.24, 2.45) is 7.05 Å². The number of anilines is 1. The van der Waals surface area contributed by atoms with E-state index in [0.717, 1.165) is 5.56 Å². The predicted octanol–water partition coefficient (Wildman–Crippen LogP) is 1.20.